The summed E-state index contributed by atoms with van der Waals surface area (Å²) < 4.78 is 0. The molecule has 1 aromatic carbocycles. The monoisotopic (exact) mass is 244 g/mol. The van der Waals surface area contributed by atoms with E-state index in [1.807, 2.05) is 6.07 Å². The molecule has 0 spiro atoms. The van der Waals surface area contributed by atoms with Crippen LogP contribution in [0.3, 0.4) is 0 Å². The number of rotatable bonds is 5. The molecule has 0 bridgehead atoms. The van der Waals surface area contributed by atoms with Gasteiger partial charge in [-0.25, -0.2) is 0 Å². The van der Waals surface area contributed by atoms with Gasteiger partial charge in [0, 0.05) is 0 Å². The number of carboxylic acid groups (broad SMARTS) is 2. The van der Waals surface area contributed by atoms with Gasteiger partial charge in [0.2, 0.25) is 0 Å². The standard InChI is InChI=1S/C13H16O4.Li.H/c1-9(2)13(11(14)15,12(16)17)8-10-6-4-3-5-7-10;;/h3-7,9H,8H2,1-2H3,(H,14,15)(H,16,17);;. The van der Waals surface area contributed by atoms with Crippen LogP contribution in [0.1, 0.15) is 19.4 Å². The summed E-state index contributed by atoms with van der Waals surface area (Å²) in [5.74, 6) is -3.06. The van der Waals surface area contributed by atoms with Crippen LogP contribution < -0.4 is 0 Å². The topological polar surface area (TPSA) is 74.6 Å². The minimum absolute atomic E-state index is 0. The van der Waals surface area contributed by atoms with Gasteiger partial charge in [-0.3, -0.25) is 9.59 Å². The van der Waals surface area contributed by atoms with E-state index >= 15 is 0 Å². The molecule has 0 amide bonds. The molecule has 0 saturated heterocycles. The Bertz CT molecular complexity index is 400. The number of aliphatic carboxylic acids is 2. The van der Waals surface area contributed by atoms with E-state index < -0.39 is 23.3 Å². The quantitative estimate of drug-likeness (QED) is 0.606. The molecule has 0 aliphatic heterocycles. The molecule has 0 aliphatic rings. The summed E-state index contributed by atoms with van der Waals surface area (Å²) in [5, 5.41) is 18.5. The molecule has 1 aromatic rings. The van der Waals surface area contributed by atoms with E-state index in [9.17, 15) is 19.8 Å². The molecule has 2 N–H and O–H groups in total. The molecular formula is C13H17LiO4. The molecule has 1 rings (SSSR count). The average molecular weight is 244 g/mol. The average Bonchev–Trinajstić information content (AvgIpc) is 2.25. The van der Waals surface area contributed by atoms with Crippen LogP contribution in [0.25, 0.3) is 0 Å². The Morgan fingerprint density at radius 2 is 1.56 bits per heavy atom. The molecule has 0 heterocycles. The van der Waals surface area contributed by atoms with Gasteiger partial charge in [0.25, 0.3) is 0 Å². The zero-order valence-electron chi connectivity index (χ0n) is 9.88. The third-order valence-electron chi connectivity index (χ3n) is 3.07. The molecular weight excluding hydrogens is 227 g/mol. The van der Waals surface area contributed by atoms with Crippen molar-refractivity contribution in [2.75, 3.05) is 0 Å². The Morgan fingerprint density at radius 1 is 1.11 bits per heavy atom. The fourth-order valence-corrected chi connectivity index (χ4v) is 1.86. The molecule has 0 aliphatic carbocycles. The predicted molar refractivity (Wildman–Crippen MR) is 69.8 cm³/mol. The fraction of sp³-hybridized carbons (Fsp3) is 0.385. The summed E-state index contributed by atoms with van der Waals surface area (Å²) in [6.07, 6.45) is -0.00380. The van der Waals surface area contributed by atoms with Crippen molar-refractivity contribution in [3.8, 4) is 0 Å². The van der Waals surface area contributed by atoms with Crippen molar-refractivity contribution in [3.05, 3.63) is 35.9 Å². The van der Waals surface area contributed by atoms with E-state index in [1.54, 1.807) is 38.1 Å². The zero-order valence-corrected chi connectivity index (χ0v) is 9.88. The van der Waals surface area contributed by atoms with E-state index in [-0.39, 0.29) is 25.3 Å². The van der Waals surface area contributed by atoms with Gasteiger partial charge in [-0.05, 0) is 17.9 Å². The molecule has 94 valence electrons. The summed E-state index contributed by atoms with van der Waals surface area (Å²) >= 11 is 0. The molecule has 0 radical (unpaired) electrons. The summed E-state index contributed by atoms with van der Waals surface area (Å²) in [5.41, 5.74) is -1.05. The van der Waals surface area contributed by atoms with E-state index in [0.29, 0.717) is 5.56 Å². The maximum absolute atomic E-state index is 11.3. The first-order valence-corrected chi connectivity index (χ1v) is 5.42. The molecule has 18 heavy (non-hydrogen) atoms. The second-order valence-electron chi connectivity index (χ2n) is 4.40. The van der Waals surface area contributed by atoms with Gasteiger partial charge in [-0.2, -0.15) is 0 Å². The first kappa shape index (κ1) is 16.8. The molecule has 0 saturated carbocycles. The Labute approximate surface area is 118 Å². The van der Waals surface area contributed by atoms with Gasteiger partial charge in [0.1, 0.15) is 0 Å². The van der Waals surface area contributed by atoms with Crippen LogP contribution in [0.2, 0.25) is 0 Å². The van der Waals surface area contributed by atoms with Gasteiger partial charge < -0.3 is 10.2 Å². The van der Waals surface area contributed by atoms with Crippen LogP contribution in [0, 0.1) is 11.3 Å². The number of carbonyl (C=O) groups is 2. The van der Waals surface area contributed by atoms with Crippen LogP contribution in [0.5, 0.6) is 0 Å². The van der Waals surface area contributed by atoms with Crippen molar-refractivity contribution in [2.45, 2.75) is 20.3 Å². The zero-order chi connectivity index (χ0) is 13.1. The molecule has 0 aromatic heterocycles. The molecule has 0 fully saturated rings. The summed E-state index contributed by atoms with van der Waals surface area (Å²) in [6, 6.07) is 8.82. The Hall–Kier alpha value is -1.24. The molecule has 0 unspecified atom stereocenters. The van der Waals surface area contributed by atoms with Crippen LogP contribution >= 0.6 is 0 Å². The van der Waals surface area contributed by atoms with E-state index in [2.05, 4.69) is 0 Å². The van der Waals surface area contributed by atoms with Crippen molar-refractivity contribution in [2.24, 2.45) is 11.3 Å². The van der Waals surface area contributed by atoms with Gasteiger partial charge in [-0.15, -0.1) is 0 Å². The minimum atomic E-state index is -1.76. The van der Waals surface area contributed by atoms with Gasteiger partial charge in [0.15, 0.2) is 5.41 Å². The van der Waals surface area contributed by atoms with Crippen molar-refractivity contribution in [1.29, 1.82) is 0 Å². The summed E-state index contributed by atoms with van der Waals surface area (Å²) in [7, 11) is 0. The number of carboxylic acids is 2. The van der Waals surface area contributed by atoms with Crippen molar-refractivity contribution in [3.63, 3.8) is 0 Å². The first-order valence-electron chi connectivity index (χ1n) is 5.42. The number of benzene rings is 1. The molecule has 5 heteroatoms. The third-order valence-corrected chi connectivity index (χ3v) is 3.07. The summed E-state index contributed by atoms with van der Waals surface area (Å²) in [6.45, 7) is 3.23. The first-order chi connectivity index (χ1) is 7.91. The fourth-order valence-electron chi connectivity index (χ4n) is 1.86. The van der Waals surface area contributed by atoms with Crippen LogP contribution in [-0.4, -0.2) is 41.0 Å². The Morgan fingerprint density at radius 3 is 1.89 bits per heavy atom. The van der Waals surface area contributed by atoms with Gasteiger partial charge in [0.05, 0.1) is 0 Å². The SMILES string of the molecule is CC(C)C(Cc1ccccc1)(C(=O)O)C(=O)O.[LiH]. The molecule has 0 atom stereocenters. The normalized spacial score (nSPS) is 10.8. The Kier molecular flexibility index (Phi) is 6.17. The van der Waals surface area contributed by atoms with E-state index in [0.717, 1.165) is 0 Å². The van der Waals surface area contributed by atoms with Crippen LogP contribution in [-0.2, 0) is 16.0 Å². The van der Waals surface area contributed by atoms with E-state index in [1.165, 1.54) is 0 Å². The van der Waals surface area contributed by atoms with Gasteiger partial charge >= 0.3 is 30.8 Å². The van der Waals surface area contributed by atoms with Crippen molar-refractivity contribution < 1.29 is 19.8 Å². The Balaban J connectivity index is 0.00000289. The van der Waals surface area contributed by atoms with Crippen molar-refractivity contribution >= 4 is 30.8 Å². The maximum atomic E-state index is 11.3. The van der Waals surface area contributed by atoms with Crippen molar-refractivity contribution in [1.82, 2.24) is 0 Å². The summed E-state index contributed by atoms with van der Waals surface area (Å²) in [4.78, 5) is 22.7. The number of hydrogen-bond donors (Lipinski definition) is 2. The number of hydrogen-bond acceptors (Lipinski definition) is 2. The predicted octanol–water partition coefficient (Wildman–Crippen LogP) is 1.39. The van der Waals surface area contributed by atoms with E-state index in [4.69, 9.17) is 0 Å². The van der Waals surface area contributed by atoms with Crippen LogP contribution in [0.15, 0.2) is 30.3 Å². The third kappa shape index (κ3) is 3.15. The van der Waals surface area contributed by atoms with Gasteiger partial charge in [-0.1, -0.05) is 44.2 Å². The second-order valence-corrected chi connectivity index (χ2v) is 4.40. The second kappa shape index (κ2) is 6.63. The molecule has 4 nitrogen and oxygen atoms in total. The van der Waals surface area contributed by atoms with Crippen LogP contribution in [0.4, 0.5) is 0 Å².